The Hall–Kier alpha value is -0.830. The van der Waals surface area contributed by atoms with Crippen molar-refractivity contribution in [2.24, 2.45) is 0 Å². The number of hydrogen-bond donors (Lipinski definition) is 0. The summed E-state index contributed by atoms with van der Waals surface area (Å²) < 4.78 is 5.23. The molecule has 0 aromatic carbocycles. The molecule has 1 rings (SSSR count). The summed E-state index contributed by atoms with van der Waals surface area (Å²) in [6.07, 6.45) is 5.30. The fourth-order valence-electron chi connectivity index (χ4n) is 1.51. The Morgan fingerprint density at radius 3 is 2.62 bits per heavy atom. The fourth-order valence-corrected chi connectivity index (χ4v) is 1.51. The third-order valence-electron chi connectivity index (χ3n) is 2.40. The van der Waals surface area contributed by atoms with E-state index in [0.717, 1.165) is 26.1 Å². The van der Waals surface area contributed by atoms with Crippen molar-refractivity contribution < 1.29 is 9.53 Å². The summed E-state index contributed by atoms with van der Waals surface area (Å²) in [5, 5.41) is 0. The quantitative estimate of drug-likeness (QED) is 0.602. The first-order valence-electron chi connectivity index (χ1n) is 4.73. The van der Waals surface area contributed by atoms with Crippen LogP contribution in [0.4, 0.5) is 0 Å². The highest BCUT2D eigenvalue weighted by atomic mass is 16.5. The van der Waals surface area contributed by atoms with Gasteiger partial charge in [0.1, 0.15) is 0 Å². The minimum atomic E-state index is 0.0920. The predicted molar refractivity (Wildman–Crippen MR) is 51.4 cm³/mol. The van der Waals surface area contributed by atoms with E-state index in [1.807, 2.05) is 18.9 Å². The van der Waals surface area contributed by atoms with Gasteiger partial charge in [0.15, 0.2) is 0 Å². The molecule has 0 N–H and O–H groups in total. The van der Waals surface area contributed by atoms with Crippen LogP contribution in [-0.4, -0.2) is 37.1 Å². The number of carbonyl (C=O) groups excluding carboxylic acids is 1. The van der Waals surface area contributed by atoms with Crippen molar-refractivity contribution in [3.63, 3.8) is 0 Å². The van der Waals surface area contributed by atoms with Crippen LogP contribution in [0, 0.1) is 0 Å². The van der Waals surface area contributed by atoms with Gasteiger partial charge in [0, 0.05) is 26.3 Å². The van der Waals surface area contributed by atoms with Gasteiger partial charge in [-0.2, -0.15) is 0 Å². The number of hydrogen-bond acceptors (Lipinski definition) is 2. The number of carbonyl (C=O) groups is 1. The fraction of sp³-hybridized carbons (Fsp3) is 0.700. The molecule has 0 atom stereocenters. The summed E-state index contributed by atoms with van der Waals surface area (Å²) in [5.74, 6) is 0.0920. The van der Waals surface area contributed by atoms with Crippen molar-refractivity contribution in [1.82, 2.24) is 4.90 Å². The molecular formula is C10H17NO2. The number of amides is 1. The van der Waals surface area contributed by atoms with Gasteiger partial charge in [-0.1, -0.05) is 6.08 Å². The van der Waals surface area contributed by atoms with Gasteiger partial charge >= 0.3 is 0 Å². The lowest BCUT2D eigenvalue weighted by atomic mass is 10.1. The Morgan fingerprint density at radius 2 is 2.08 bits per heavy atom. The van der Waals surface area contributed by atoms with Gasteiger partial charge in [-0.25, -0.2) is 0 Å². The molecule has 1 saturated heterocycles. The lowest BCUT2D eigenvalue weighted by molar-refractivity contribution is -0.128. The molecule has 0 aromatic rings. The van der Waals surface area contributed by atoms with Gasteiger partial charge in [-0.3, -0.25) is 4.79 Å². The van der Waals surface area contributed by atoms with E-state index in [-0.39, 0.29) is 5.91 Å². The zero-order chi connectivity index (χ0) is 9.68. The summed E-state index contributed by atoms with van der Waals surface area (Å²) in [4.78, 5) is 13.2. The monoisotopic (exact) mass is 183 g/mol. The topological polar surface area (TPSA) is 29.5 Å². The van der Waals surface area contributed by atoms with Gasteiger partial charge in [0.05, 0.1) is 0 Å². The summed E-state index contributed by atoms with van der Waals surface area (Å²) in [6, 6.07) is 0.359. The summed E-state index contributed by atoms with van der Waals surface area (Å²) in [5.41, 5.74) is 0. The zero-order valence-electron chi connectivity index (χ0n) is 8.32. The normalized spacial score (nSPS) is 19.2. The van der Waals surface area contributed by atoms with Crippen LogP contribution >= 0.6 is 0 Å². The second kappa shape index (κ2) is 5.02. The van der Waals surface area contributed by atoms with Gasteiger partial charge in [0.2, 0.25) is 5.91 Å². The summed E-state index contributed by atoms with van der Waals surface area (Å²) >= 11 is 0. The van der Waals surface area contributed by atoms with Crippen LogP contribution in [0.1, 0.15) is 19.8 Å². The zero-order valence-corrected chi connectivity index (χ0v) is 8.32. The van der Waals surface area contributed by atoms with Gasteiger partial charge in [-0.15, -0.1) is 0 Å². The molecule has 0 unspecified atom stereocenters. The Labute approximate surface area is 79.4 Å². The molecule has 1 fully saturated rings. The molecule has 0 radical (unpaired) electrons. The van der Waals surface area contributed by atoms with Crippen LogP contribution in [-0.2, 0) is 9.53 Å². The maximum Gasteiger partial charge on any atom is 0.246 e. The van der Waals surface area contributed by atoms with Crippen LogP contribution in [0.5, 0.6) is 0 Å². The molecule has 0 saturated carbocycles. The van der Waals surface area contributed by atoms with Crippen molar-refractivity contribution >= 4 is 5.91 Å². The van der Waals surface area contributed by atoms with E-state index in [2.05, 4.69) is 0 Å². The van der Waals surface area contributed by atoms with E-state index < -0.39 is 0 Å². The largest absolute Gasteiger partial charge is 0.381 e. The second-order valence-corrected chi connectivity index (χ2v) is 3.29. The Morgan fingerprint density at radius 1 is 1.46 bits per heavy atom. The third-order valence-corrected chi connectivity index (χ3v) is 2.40. The molecule has 1 heterocycles. The minimum Gasteiger partial charge on any atom is -0.381 e. The van der Waals surface area contributed by atoms with Crippen LogP contribution in [0.15, 0.2) is 12.2 Å². The molecule has 13 heavy (non-hydrogen) atoms. The smallest absolute Gasteiger partial charge is 0.246 e. The summed E-state index contributed by atoms with van der Waals surface area (Å²) in [7, 11) is 1.86. The molecule has 0 spiro atoms. The lowest BCUT2D eigenvalue weighted by Gasteiger charge is -2.30. The highest BCUT2D eigenvalue weighted by molar-refractivity contribution is 5.87. The maximum atomic E-state index is 11.4. The van der Waals surface area contributed by atoms with E-state index in [9.17, 15) is 4.79 Å². The van der Waals surface area contributed by atoms with Crippen molar-refractivity contribution in [2.45, 2.75) is 25.8 Å². The molecule has 74 valence electrons. The highest BCUT2D eigenvalue weighted by Crippen LogP contribution is 2.12. The first-order chi connectivity index (χ1) is 6.25. The van der Waals surface area contributed by atoms with E-state index in [0.29, 0.717) is 6.04 Å². The van der Waals surface area contributed by atoms with Crippen LogP contribution in [0.25, 0.3) is 0 Å². The van der Waals surface area contributed by atoms with E-state index in [1.165, 1.54) is 0 Å². The molecule has 1 amide bonds. The van der Waals surface area contributed by atoms with Crippen LogP contribution < -0.4 is 0 Å². The number of nitrogens with zero attached hydrogens (tertiary/aromatic N) is 1. The molecule has 1 aliphatic heterocycles. The number of allylic oxidation sites excluding steroid dienone is 1. The highest BCUT2D eigenvalue weighted by Gasteiger charge is 2.20. The van der Waals surface area contributed by atoms with Crippen LogP contribution in [0.2, 0.25) is 0 Å². The lowest BCUT2D eigenvalue weighted by Crippen LogP contribution is -2.39. The van der Waals surface area contributed by atoms with Crippen molar-refractivity contribution in [3.05, 3.63) is 12.2 Å². The average Bonchev–Trinajstić information content (AvgIpc) is 2.18. The minimum absolute atomic E-state index is 0.0920. The Kier molecular flexibility index (Phi) is 3.96. The first-order valence-corrected chi connectivity index (χ1v) is 4.73. The third kappa shape index (κ3) is 2.84. The maximum absolute atomic E-state index is 11.4. The molecule has 3 heteroatoms. The molecule has 0 aliphatic carbocycles. The Bertz CT molecular complexity index is 195. The van der Waals surface area contributed by atoms with Crippen molar-refractivity contribution in [1.29, 1.82) is 0 Å². The Balaban J connectivity index is 2.44. The number of ether oxygens (including phenoxy) is 1. The second-order valence-electron chi connectivity index (χ2n) is 3.29. The molecule has 1 aliphatic rings. The molecule has 3 nitrogen and oxygen atoms in total. The van der Waals surface area contributed by atoms with Crippen LogP contribution in [0.3, 0.4) is 0 Å². The molecular weight excluding hydrogens is 166 g/mol. The SMILES string of the molecule is CC=CC(=O)N(C)C1CCOCC1. The molecule has 0 aromatic heterocycles. The first kappa shape index (κ1) is 10.3. The van der Waals surface area contributed by atoms with Gasteiger partial charge in [0.25, 0.3) is 0 Å². The summed E-state index contributed by atoms with van der Waals surface area (Å²) in [6.45, 7) is 3.41. The average molecular weight is 183 g/mol. The van der Waals surface area contributed by atoms with Crippen molar-refractivity contribution in [3.8, 4) is 0 Å². The van der Waals surface area contributed by atoms with Gasteiger partial charge in [-0.05, 0) is 25.8 Å². The number of rotatable bonds is 2. The predicted octanol–water partition coefficient (Wildman–Crippen LogP) is 1.20. The number of likely N-dealkylation sites (N-methyl/N-ethyl adjacent to an activating group) is 1. The van der Waals surface area contributed by atoms with Gasteiger partial charge < -0.3 is 9.64 Å². The van der Waals surface area contributed by atoms with Crippen molar-refractivity contribution in [2.75, 3.05) is 20.3 Å². The standard InChI is InChI=1S/C10H17NO2/c1-3-4-10(12)11(2)9-5-7-13-8-6-9/h3-4,9H,5-8H2,1-2H3. The molecule has 0 bridgehead atoms. The van der Waals surface area contributed by atoms with E-state index >= 15 is 0 Å². The van der Waals surface area contributed by atoms with E-state index in [4.69, 9.17) is 4.74 Å². The van der Waals surface area contributed by atoms with E-state index in [1.54, 1.807) is 12.2 Å².